The second-order valence-electron chi connectivity index (χ2n) is 6.06. The van der Waals surface area contributed by atoms with Crippen LogP contribution in [0.3, 0.4) is 0 Å². The van der Waals surface area contributed by atoms with Crippen LogP contribution in [-0.4, -0.2) is 23.1 Å². The van der Waals surface area contributed by atoms with Gasteiger partial charge in [0.2, 0.25) is 5.95 Å². The Labute approximate surface area is 118 Å². The van der Waals surface area contributed by atoms with Crippen LogP contribution >= 0.6 is 0 Å². The van der Waals surface area contributed by atoms with Gasteiger partial charge in [-0.15, -0.1) is 0 Å². The minimum Gasteiger partial charge on any atom is -0.354 e. The van der Waals surface area contributed by atoms with Crippen molar-refractivity contribution in [1.82, 2.24) is 9.97 Å². The molecule has 0 unspecified atom stereocenters. The number of nitrogen functional groups attached to an aromatic ring is 1. The molecule has 1 aromatic heterocycles. The standard InChI is InChI=1S/C14H22FN5/c15-11-10-17-13(19-16)18-12(11)20-8-6-14(7-9-20)4-2-1-3-5-14/h10H,1-9,16H2,(H,17,18,19). The number of nitrogens with zero attached hydrogens (tertiary/aromatic N) is 3. The second kappa shape index (κ2) is 5.52. The lowest BCUT2D eigenvalue weighted by Gasteiger charge is -2.44. The molecule has 6 heteroatoms. The van der Waals surface area contributed by atoms with Gasteiger partial charge in [-0.1, -0.05) is 19.3 Å². The Bertz CT molecular complexity index is 463. The summed E-state index contributed by atoms with van der Waals surface area (Å²) in [6, 6.07) is 0. The Morgan fingerprint density at radius 3 is 2.50 bits per heavy atom. The van der Waals surface area contributed by atoms with Crippen LogP contribution in [0.4, 0.5) is 16.2 Å². The predicted molar refractivity (Wildman–Crippen MR) is 76.8 cm³/mol. The summed E-state index contributed by atoms with van der Waals surface area (Å²) in [7, 11) is 0. The Hall–Kier alpha value is -1.43. The smallest absolute Gasteiger partial charge is 0.239 e. The molecular weight excluding hydrogens is 257 g/mol. The highest BCUT2D eigenvalue weighted by molar-refractivity contribution is 5.44. The zero-order chi connectivity index (χ0) is 14.0. The largest absolute Gasteiger partial charge is 0.354 e. The molecule has 1 saturated carbocycles. The van der Waals surface area contributed by atoms with Gasteiger partial charge in [0.25, 0.3) is 0 Å². The van der Waals surface area contributed by atoms with E-state index in [4.69, 9.17) is 5.84 Å². The highest BCUT2D eigenvalue weighted by atomic mass is 19.1. The number of anilines is 2. The van der Waals surface area contributed by atoms with Crippen molar-refractivity contribution in [2.75, 3.05) is 23.4 Å². The maximum absolute atomic E-state index is 13.9. The molecule has 3 rings (SSSR count). The van der Waals surface area contributed by atoms with Gasteiger partial charge in [0.15, 0.2) is 11.6 Å². The van der Waals surface area contributed by atoms with E-state index in [1.165, 1.54) is 38.3 Å². The summed E-state index contributed by atoms with van der Waals surface area (Å²) in [6.45, 7) is 1.75. The lowest BCUT2D eigenvalue weighted by atomic mass is 9.68. The van der Waals surface area contributed by atoms with E-state index in [9.17, 15) is 4.39 Å². The molecule has 0 radical (unpaired) electrons. The van der Waals surface area contributed by atoms with Crippen LogP contribution in [0, 0.1) is 11.2 Å². The van der Waals surface area contributed by atoms with E-state index in [0.717, 1.165) is 25.9 Å². The van der Waals surface area contributed by atoms with Gasteiger partial charge in [0, 0.05) is 13.1 Å². The van der Waals surface area contributed by atoms with Crippen molar-refractivity contribution in [3.8, 4) is 0 Å². The SMILES string of the molecule is NNc1ncc(F)c(N2CCC3(CCCCC3)CC2)n1. The minimum atomic E-state index is -0.372. The van der Waals surface area contributed by atoms with Crippen LogP contribution in [-0.2, 0) is 0 Å². The first-order valence-corrected chi connectivity index (χ1v) is 7.47. The molecule has 2 aliphatic rings. The van der Waals surface area contributed by atoms with Crippen molar-refractivity contribution < 1.29 is 4.39 Å². The first kappa shape index (κ1) is 13.5. The lowest BCUT2D eigenvalue weighted by Crippen LogP contribution is -2.42. The molecule has 20 heavy (non-hydrogen) atoms. The van der Waals surface area contributed by atoms with Crippen LogP contribution in [0.25, 0.3) is 0 Å². The average molecular weight is 279 g/mol. The third-order valence-electron chi connectivity index (χ3n) is 4.89. The molecule has 0 bridgehead atoms. The molecule has 2 heterocycles. The van der Waals surface area contributed by atoms with Crippen LogP contribution in [0.2, 0.25) is 0 Å². The minimum absolute atomic E-state index is 0.263. The summed E-state index contributed by atoms with van der Waals surface area (Å²) in [6.07, 6.45) is 10.2. The van der Waals surface area contributed by atoms with Gasteiger partial charge in [0.1, 0.15) is 0 Å². The van der Waals surface area contributed by atoms with Crippen molar-refractivity contribution in [3.05, 3.63) is 12.0 Å². The topological polar surface area (TPSA) is 67.1 Å². The highest BCUT2D eigenvalue weighted by Gasteiger charge is 2.36. The van der Waals surface area contributed by atoms with Gasteiger partial charge in [-0.05, 0) is 31.1 Å². The van der Waals surface area contributed by atoms with Crippen LogP contribution in [0.1, 0.15) is 44.9 Å². The Kier molecular flexibility index (Phi) is 3.74. The van der Waals surface area contributed by atoms with Crippen molar-refractivity contribution in [3.63, 3.8) is 0 Å². The van der Waals surface area contributed by atoms with Crippen LogP contribution < -0.4 is 16.2 Å². The van der Waals surface area contributed by atoms with Gasteiger partial charge >= 0.3 is 0 Å². The molecule has 0 amide bonds. The monoisotopic (exact) mass is 279 g/mol. The normalized spacial score (nSPS) is 22.0. The van der Waals surface area contributed by atoms with Gasteiger partial charge in [-0.2, -0.15) is 4.98 Å². The number of nitrogens with two attached hydrogens (primary N) is 1. The van der Waals surface area contributed by atoms with Gasteiger partial charge in [0.05, 0.1) is 6.20 Å². The molecule has 1 aliphatic carbocycles. The predicted octanol–water partition coefficient (Wildman–Crippen LogP) is 2.45. The van der Waals surface area contributed by atoms with Crippen LogP contribution in [0.5, 0.6) is 0 Å². The molecular formula is C14H22FN5. The number of halogens is 1. The fourth-order valence-corrected chi connectivity index (χ4v) is 3.64. The number of nitrogens with one attached hydrogen (secondary N) is 1. The van der Waals surface area contributed by atoms with Gasteiger partial charge < -0.3 is 4.90 Å². The quantitative estimate of drug-likeness (QED) is 0.643. The van der Waals surface area contributed by atoms with E-state index in [0.29, 0.717) is 11.2 Å². The summed E-state index contributed by atoms with van der Waals surface area (Å²) in [4.78, 5) is 9.96. The summed E-state index contributed by atoms with van der Waals surface area (Å²) < 4.78 is 13.9. The third kappa shape index (κ3) is 2.57. The zero-order valence-corrected chi connectivity index (χ0v) is 11.7. The first-order chi connectivity index (χ1) is 9.72. The van der Waals surface area contributed by atoms with E-state index < -0.39 is 0 Å². The molecule has 110 valence electrons. The molecule has 5 nitrogen and oxygen atoms in total. The Morgan fingerprint density at radius 2 is 1.85 bits per heavy atom. The third-order valence-corrected chi connectivity index (χ3v) is 4.89. The molecule has 1 saturated heterocycles. The molecule has 1 spiro atoms. The molecule has 0 aromatic carbocycles. The second-order valence-corrected chi connectivity index (χ2v) is 6.06. The molecule has 3 N–H and O–H groups in total. The van der Waals surface area contributed by atoms with Crippen molar-refractivity contribution in [2.24, 2.45) is 11.3 Å². The number of hydrazine groups is 1. The molecule has 2 fully saturated rings. The fourth-order valence-electron chi connectivity index (χ4n) is 3.64. The van der Waals surface area contributed by atoms with E-state index in [-0.39, 0.29) is 11.8 Å². The van der Waals surface area contributed by atoms with Crippen molar-refractivity contribution in [2.45, 2.75) is 44.9 Å². The number of hydrogen-bond acceptors (Lipinski definition) is 5. The van der Waals surface area contributed by atoms with E-state index >= 15 is 0 Å². The van der Waals surface area contributed by atoms with Gasteiger partial charge in [-0.25, -0.2) is 15.2 Å². The molecule has 0 atom stereocenters. The van der Waals surface area contributed by atoms with Crippen molar-refractivity contribution >= 4 is 11.8 Å². The van der Waals surface area contributed by atoms with Crippen molar-refractivity contribution in [1.29, 1.82) is 0 Å². The summed E-state index contributed by atoms with van der Waals surface area (Å²) in [5.74, 6) is 5.56. The first-order valence-electron chi connectivity index (χ1n) is 7.47. The zero-order valence-electron chi connectivity index (χ0n) is 11.7. The number of aromatic nitrogens is 2. The van der Waals surface area contributed by atoms with E-state index in [1.54, 1.807) is 0 Å². The van der Waals surface area contributed by atoms with Gasteiger partial charge in [-0.3, -0.25) is 5.43 Å². The Balaban J connectivity index is 1.71. The van der Waals surface area contributed by atoms with Crippen LogP contribution in [0.15, 0.2) is 6.20 Å². The van der Waals surface area contributed by atoms with E-state index in [1.807, 2.05) is 4.90 Å². The fraction of sp³-hybridized carbons (Fsp3) is 0.714. The molecule has 1 aliphatic heterocycles. The summed E-state index contributed by atoms with van der Waals surface area (Å²) in [5.41, 5.74) is 2.88. The maximum Gasteiger partial charge on any atom is 0.239 e. The maximum atomic E-state index is 13.9. The summed E-state index contributed by atoms with van der Waals surface area (Å²) in [5, 5.41) is 0. The van der Waals surface area contributed by atoms with E-state index in [2.05, 4.69) is 15.4 Å². The lowest BCUT2D eigenvalue weighted by molar-refractivity contribution is 0.144. The summed E-state index contributed by atoms with van der Waals surface area (Å²) >= 11 is 0. The highest BCUT2D eigenvalue weighted by Crippen LogP contribution is 2.45. The average Bonchev–Trinajstić information content (AvgIpc) is 2.50. The Morgan fingerprint density at radius 1 is 1.15 bits per heavy atom. The number of hydrogen-bond donors (Lipinski definition) is 2. The number of piperidine rings is 1. The molecule has 1 aromatic rings. The number of rotatable bonds is 2.